The first-order chi connectivity index (χ1) is 13.7. The Bertz CT molecular complexity index is 817. The lowest BCUT2D eigenvalue weighted by atomic mass is 10.2. The molecule has 2 amide bonds. The van der Waals surface area contributed by atoms with Crippen molar-refractivity contribution in [2.24, 2.45) is 0 Å². The molecule has 0 saturated carbocycles. The molecule has 148 valence electrons. The molecule has 0 radical (unpaired) electrons. The number of carbonyl (C=O) groups is 2. The van der Waals surface area contributed by atoms with E-state index in [1.54, 1.807) is 24.4 Å². The van der Waals surface area contributed by atoms with E-state index in [2.05, 4.69) is 9.88 Å². The summed E-state index contributed by atoms with van der Waals surface area (Å²) in [5.41, 5.74) is 0.639. The summed E-state index contributed by atoms with van der Waals surface area (Å²) >= 11 is 0. The first-order valence-electron chi connectivity index (χ1n) is 9.63. The summed E-state index contributed by atoms with van der Waals surface area (Å²) in [7, 11) is 0. The van der Waals surface area contributed by atoms with Gasteiger partial charge >= 0.3 is 0 Å². The van der Waals surface area contributed by atoms with Crippen molar-refractivity contribution in [2.45, 2.75) is 6.42 Å². The second-order valence-electron chi connectivity index (χ2n) is 6.92. The summed E-state index contributed by atoms with van der Waals surface area (Å²) < 4.78 is 10.6. The second-order valence-corrected chi connectivity index (χ2v) is 6.92. The van der Waals surface area contributed by atoms with Crippen molar-refractivity contribution in [3.05, 3.63) is 48.0 Å². The normalized spacial score (nSPS) is 18.1. The number of furan rings is 1. The Morgan fingerprint density at radius 2 is 1.75 bits per heavy atom. The first kappa shape index (κ1) is 18.5. The molecule has 2 aliphatic heterocycles. The van der Waals surface area contributed by atoms with Gasteiger partial charge in [0.25, 0.3) is 11.8 Å². The van der Waals surface area contributed by atoms with Crippen LogP contribution in [0, 0.1) is 0 Å². The van der Waals surface area contributed by atoms with Gasteiger partial charge in [-0.2, -0.15) is 0 Å². The lowest BCUT2D eigenvalue weighted by Crippen LogP contribution is -2.40. The summed E-state index contributed by atoms with van der Waals surface area (Å²) in [4.78, 5) is 35.5. The van der Waals surface area contributed by atoms with Crippen molar-refractivity contribution in [1.82, 2.24) is 14.8 Å². The molecular formula is C20H24N4O4. The maximum absolute atomic E-state index is 12.7. The van der Waals surface area contributed by atoms with Crippen molar-refractivity contribution in [3.63, 3.8) is 0 Å². The van der Waals surface area contributed by atoms with Gasteiger partial charge in [-0.1, -0.05) is 0 Å². The molecule has 2 aromatic heterocycles. The fourth-order valence-corrected chi connectivity index (χ4v) is 3.58. The fraction of sp³-hybridized carbons (Fsp3) is 0.450. The van der Waals surface area contributed by atoms with Crippen LogP contribution in [0.2, 0.25) is 0 Å². The standard InChI is InChI=1S/C20H24N4O4/c25-19(24-10-13-27-14-11-24)16-4-5-21-18(15-16)22-6-2-7-23(9-8-22)20(26)17-3-1-12-28-17/h1,3-5,12,15H,2,6-11,13-14H2. The Morgan fingerprint density at radius 3 is 2.54 bits per heavy atom. The molecule has 0 aromatic carbocycles. The lowest BCUT2D eigenvalue weighted by molar-refractivity contribution is 0.0303. The van der Waals surface area contributed by atoms with Crippen molar-refractivity contribution in [2.75, 3.05) is 57.4 Å². The molecule has 2 aliphatic rings. The van der Waals surface area contributed by atoms with E-state index in [1.165, 1.54) is 6.26 Å². The van der Waals surface area contributed by atoms with Gasteiger partial charge in [-0.15, -0.1) is 0 Å². The highest BCUT2D eigenvalue weighted by atomic mass is 16.5. The minimum Gasteiger partial charge on any atom is -0.459 e. The molecule has 8 nitrogen and oxygen atoms in total. The number of pyridine rings is 1. The molecule has 4 rings (SSSR count). The summed E-state index contributed by atoms with van der Waals surface area (Å²) in [5, 5.41) is 0. The minimum atomic E-state index is -0.0870. The van der Waals surface area contributed by atoms with E-state index >= 15 is 0 Å². The van der Waals surface area contributed by atoms with E-state index < -0.39 is 0 Å². The molecule has 0 aliphatic carbocycles. The maximum atomic E-state index is 12.7. The zero-order chi connectivity index (χ0) is 19.3. The highest BCUT2D eigenvalue weighted by Crippen LogP contribution is 2.18. The first-order valence-corrected chi connectivity index (χ1v) is 9.63. The van der Waals surface area contributed by atoms with Crippen LogP contribution in [0.3, 0.4) is 0 Å². The predicted molar refractivity (Wildman–Crippen MR) is 102 cm³/mol. The minimum absolute atomic E-state index is 0.0106. The van der Waals surface area contributed by atoms with E-state index in [-0.39, 0.29) is 11.8 Å². The Kier molecular flexibility index (Phi) is 5.57. The topological polar surface area (TPSA) is 79.1 Å². The molecule has 4 heterocycles. The van der Waals surface area contributed by atoms with Gasteiger partial charge in [-0.25, -0.2) is 4.98 Å². The zero-order valence-corrected chi connectivity index (χ0v) is 15.7. The van der Waals surface area contributed by atoms with Crippen molar-refractivity contribution in [3.8, 4) is 0 Å². The SMILES string of the molecule is O=C(c1ccnc(N2CCCN(C(=O)c3ccco3)CC2)c1)N1CCOCC1. The van der Waals surface area contributed by atoms with Crippen molar-refractivity contribution in [1.29, 1.82) is 0 Å². The number of hydrogen-bond donors (Lipinski definition) is 0. The van der Waals surface area contributed by atoms with Crippen LogP contribution in [-0.4, -0.2) is 79.1 Å². The Balaban J connectivity index is 1.43. The molecule has 2 saturated heterocycles. The van der Waals surface area contributed by atoms with Crippen molar-refractivity contribution >= 4 is 17.6 Å². The van der Waals surface area contributed by atoms with Crippen LogP contribution in [0.1, 0.15) is 27.3 Å². The summed E-state index contributed by atoms with van der Waals surface area (Å²) in [6.07, 6.45) is 4.02. The predicted octanol–water partition coefficient (Wildman–Crippen LogP) is 1.50. The molecule has 0 bridgehead atoms. The quantitative estimate of drug-likeness (QED) is 0.798. The highest BCUT2D eigenvalue weighted by Gasteiger charge is 2.24. The number of carbonyl (C=O) groups excluding carboxylic acids is 2. The fourth-order valence-electron chi connectivity index (χ4n) is 3.58. The number of hydrogen-bond acceptors (Lipinski definition) is 6. The monoisotopic (exact) mass is 384 g/mol. The van der Waals surface area contributed by atoms with Gasteiger partial charge in [0, 0.05) is 51.0 Å². The van der Waals surface area contributed by atoms with Crippen LogP contribution in [-0.2, 0) is 4.74 Å². The van der Waals surface area contributed by atoms with E-state index in [0.717, 1.165) is 18.8 Å². The Labute approximate surface area is 163 Å². The number of anilines is 1. The van der Waals surface area contributed by atoms with Crippen LogP contribution in [0.15, 0.2) is 41.1 Å². The average molecular weight is 384 g/mol. The molecular weight excluding hydrogens is 360 g/mol. The molecule has 2 fully saturated rings. The summed E-state index contributed by atoms with van der Waals surface area (Å²) in [5.74, 6) is 1.06. The van der Waals surface area contributed by atoms with Gasteiger partial charge in [0.05, 0.1) is 19.5 Å². The molecule has 2 aromatic rings. The molecule has 0 unspecified atom stereocenters. The van der Waals surface area contributed by atoms with E-state index in [9.17, 15) is 9.59 Å². The number of aromatic nitrogens is 1. The number of amides is 2. The van der Waals surface area contributed by atoms with Crippen LogP contribution in [0.25, 0.3) is 0 Å². The van der Waals surface area contributed by atoms with Crippen LogP contribution >= 0.6 is 0 Å². The van der Waals surface area contributed by atoms with E-state index in [4.69, 9.17) is 9.15 Å². The highest BCUT2D eigenvalue weighted by molar-refractivity contribution is 5.95. The maximum Gasteiger partial charge on any atom is 0.289 e. The largest absolute Gasteiger partial charge is 0.459 e. The molecule has 28 heavy (non-hydrogen) atoms. The van der Waals surface area contributed by atoms with Gasteiger partial charge in [-0.3, -0.25) is 9.59 Å². The Hall–Kier alpha value is -2.87. The zero-order valence-electron chi connectivity index (χ0n) is 15.7. The number of nitrogens with zero attached hydrogens (tertiary/aromatic N) is 4. The van der Waals surface area contributed by atoms with Crippen LogP contribution in [0.4, 0.5) is 5.82 Å². The summed E-state index contributed by atoms with van der Waals surface area (Å²) in [6, 6.07) is 7.01. The van der Waals surface area contributed by atoms with Gasteiger partial charge in [0.1, 0.15) is 5.82 Å². The van der Waals surface area contributed by atoms with Gasteiger partial charge < -0.3 is 23.9 Å². The smallest absolute Gasteiger partial charge is 0.289 e. The van der Waals surface area contributed by atoms with E-state index in [0.29, 0.717) is 57.3 Å². The number of morpholine rings is 1. The molecule has 0 spiro atoms. The third-order valence-electron chi connectivity index (χ3n) is 5.13. The van der Waals surface area contributed by atoms with Gasteiger partial charge in [0.2, 0.25) is 0 Å². The van der Waals surface area contributed by atoms with Gasteiger partial charge in [0.15, 0.2) is 5.76 Å². The second kappa shape index (κ2) is 8.43. The van der Waals surface area contributed by atoms with E-state index in [1.807, 2.05) is 15.9 Å². The van der Waals surface area contributed by atoms with Gasteiger partial charge in [-0.05, 0) is 30.7 Å². The van der Waals surface area contributed by atoms with Crippen LogP contribution < -0.4 is 4.90 Å². The third-order valence-corrected chi connectivity index (χ3v) is 5.13. The number of rotatable bonds is 3. The molecule has 0 N–H and O–H groups in total. The average Bonchev–Trinajstić information content (AvgIpc) is 3.18. The number of ether oxygens (including phenoxy) is 1. The molecule has 8 heteroatoms. The summed E-state index contributed by atoms with van der Waals surface area (Å²) in [6.45, 7) is 5.09. The Morgan fingerprint density at radius 1 is 0.929 bits per heavy atom. The molecule has 0 atom stereocenters. The third kappa shape index (κ3) is 4.01. The van der Waals surface area contributed by atoms with Crippen LogP contribution in [0.5, 0.6) is 0 Å². The lowest BCUT2D eigenvalue weighted by Gasteiger charge is -2.27. The van der Waals surface area contributed by atoms with Crippen molar-refractivity contribution < 1.29 is 18.7 Å².